The molecule has 0 fully saturated rings. The van der Waals surface area contributed by atoms with Crippen molar-refractivity contribution in [2.75, 3.05) is 20.3 Å². The highest BCUT2D eigenvalue weighted by Gasteiger charge is 2.19. The first-order valence-electron chi connectivity index (χ1n) is 6.35. The highest BCUT2D eigenvalue weighted by atomic mass is 16.5. The van der Waals surface area contributed by atoms with Crippen LogP contribution in [0.25, 0.3) is 0 Å². The number of hydrogen-bond acceptors (Lipinski definition) is 3. The summed E-state index contributed by atoms with van der Waals surface area (Å²) in [5.41, 5.74) is -0.132. The second-order valence-corrected chi connectivity index (χ2v) is 5.47. The van der Waals surface area contributed by atoms with Crippen molar-refractivity contribution in [3.63, 3.8) is 0 Å². The van der Waals surface area contributed by atoms with Crippen LogP contribution in [0.4, 0.5) is 0 Å². The summed E-state index contributed by atoms with van der Waals surface area (Å²) in [6.45, 7) is 11.3. The molecule has 102 valence electrons. The van der Waals surface area contributed by atoms with Gasteiger partial charge >= 0.3 is 0 Å². The van der Waals surface area contributed by atoms with Gasteiger partial charge < -0.3 is 15.4 Å². The molecular formula is C13H28N2O2. The molecule has 0 bridgehead atoms. The third-order valence-electron chi connectivity index (χ3n) is 3.04. The van der Waals surface area contributed by atoms with Crippen LogP contribution in [0.5, 0.6) is 0 Å². The zero-order valence-electron chi connectivity index (χ0n) is 12.1. The Kier molecular flexibility index (Phi) is 7.39. The van der Waals surface area contributed by atoms with E-state index in [0.29, 0.717) is 19.1 Å². The summed E-state index contributed by atoms with van der Waals surface area (Å²) >= 11 is 0. The van der Waals surface area contributed by atoms with Gasteiger partial charge in [-0.25, -0.2) is 0 Å². The van der Waals surface area contributed by atoms with Crippen LogP contribution >= 0.6 is 0 Å². The number of ether oxygens (including phenoxy) is 1. The maximum Gasteiger partial charge on any atom is 0.234 e. The van der Waals surface area contributed by atoms with Gasteiger partial charge in [0.15, 0.2) is 0 Å². The number of carbonyl (C=O) groups is 1. The fraction of sp³-hybridized carbons (Fsp3) is 0.923. The fourth-order valence-corrected chi connectivity index (χ4v) is 1.40. The lowest BCUT2D eigenvalue weighted by atomic mass is 10.0. The van der Waals surface area contributed by atoms with Crippen molar-refractivity contribution in [2.45, 2.75) is 52.6 Å². The largest absolute Gasteiger partial charge is 0.383 e. The minimum absolute atomic E-state index is 0.0404. The molecule has 2 N–H and O–H groups in total. The first kappa shape index (κ1) is 16.4. The molecule has 0 radical (unpaired) electrons. The number of rotatable bonds is 8. The first-order chi connectivity index (χ1) is 7.82. The molecule has 1 amide bonds. The smallest absolute Gasteiger partial charge is 0.234 e. The van der Waals surface area contributed by atoms with E-state index in [2.05, 4.69) is 31.4 Å². The van der Waals surface area contributed by atoms with Crippen molar-refractivity contribution in [1.82, 2.24) is 10.6 Å². The Morgan fingerprint density at radius 2 is 1.94 bits per heavy atom. The summed E-state index contributed by atoms with van der Waals surface area (Å²) < 4.78 is 5.13. The predicted octanol–water partition coefficient (Wildman–Crippen LogP) is 1.55. The zero-order chi connectivity index (χ0) is 13.5. The van der Waals surface area contributed by atoms with Gasteiger partial charge in [-0.1, -0.05) is 20.8 Å². The van der Waals surface area contributed by atoms with Crippen molar-refractivity contribution in [2.24, 2.45) is 5.92 Å². The summed E-state index contributed by atoms with van der Waals surface area (Å²) in [5, 5.41) is 6.23. The standard InChI is InChI=1S/C13H28N2O2/c1-7-13(4,5)15-12(16)8-14-11(9-17-6)10(2)3/h10-11,14H,7-9H2,1-6H3,(H,15,16). The van der Waals surface area contributed by atoms with Gasteiger partial charge in [-0.2, -0.15) is 0 Å². The van der Waals surface area contributed by atoms with Gasteiger partial charge in [0.1, 0.15) is 0 Å². The molecule has 0 spiro atoms. The second-order valence-electron chi connectivity index (χ2n) is 5.47. The zero-order valence-corrected chi connectivity index (χ0v) is 12.1. The monoisotopic (exact) mass is 244 g/mol. The molecular weight excluding hydrogens is 216 g/mol. The molecule has 0 saturated carbocycles. The van der Waals surface area contributed by atoms with Crippen LogP contribution in [-0.4, -0.2) is 37.7 Å². The van der Waals surface area contributed by atoms with E-state index >= 15 is 0 Å². The summed E-state index contributed by atoms with van der Waals surface area (Å²) in [5.74, 6) is 0.487. The third-order valence-corrected chi connectivity index (χ3v) is 3.04. The molecule has 0 aliphatic carbocycles. The lowest BCUT2D eigenvalue weighted by Gasteiger charge is -2.26. The lowest BCUT2D eigenvalue weighted by Crippen LogP contribution is -2.49. The summed E-state index contributed by atoms with van der Waals surface area (Å²) in [6, 6.07) is 0.218. The van der Waals surface area contributed by atoms with Gasteiger partial charge in [0.05, 0.1) is 13.2 Å². The number of hydrogen-bond donors (Lipinski definition) is 2. The average molecular weight is 244 g/mol. The van der Waals surface area contributed by atoms with Gasteiger partial charge in [-0.15, -0.1) is 0 Å². The highest BCUT2D eigenvalue weighted by molar-refractivity contribution is 5.78. The Morgan fingerprint density at radius 1 is 1.35 bits per heavy atom. The van der Waals surface area contributed by atoms with Gasteiger partial charge in [0, 0.05) is 18.7 Å². The molecule has 1 atom stereocenters. The molecule has 0 saturated heterocycles. The molecule has 0 aromatic heterocycles. The Hall–Kier alpha value is -0.610. The maximum absolute atomic E-state index is 11.7. The van der Waals surface area contributed by atoms with Crippen LogP contribution in [0.1, 0.15) is 41.0 Å². The van der Waals surface area contributed by atoms with Gasteiger partial charge in [0.25, 0.3) is 0 Å². The van der Waals surface area contributed by atoms with Gasteiger partial charge in [-0.3, -0.25) is 4.79 Å². The van der Waals surface area contributed by atoms with E-state index in [1.54, 1.807) is 7.11 Å². The number of methoxy groups -OCH3 is 1. The SMILES string of the molecule is CCC(C)(C)NC(=O)CNC(COC)C(C)C. The van der Waals surface area contributed by atoms with Crippen LogP contribution in [0.2, 0.25) is 0 Å². The molecule has 4 heteroatoms. The Bertz CT molecular complexity index is 227. The topological polar surface area (TPSA) is 50.4 Å². The summed E-state index contributed by atoms with van der Waals surface area (Å²) in [7, 11) is 1.68. The molecule has 17 heavy (non-hydrogen) atoms. The first-order valence-corrected chi connectivity index (χ1v) is 6.35. The maximum atomic E-state index is 11.7. The molecule has 1 unspecified atom stereocenters. The van der Waals surface area contributed by atoms with E-state index in [9.17, 15) is 4.79 Å². The molecule has 0 aromatic rings. The van der Waals surface area contributed by atoms with E-state index in [0.717, 1.165) is 6.42 Å². The van der Waals surface area contributed by atoms with Crippen molar-refractivity contribution >= 4 is 5.91 Å². The van der Waals surface area contributed by atoms with Crippen LogP contribution in [0.15, 0.2) is 0 Å². The van der Waals surface area contributed by atoms with Crippen LogP contribution in [0.3, 0.4) is 0 Å². The minimum Gasteiger partial charge on any atom is -0.383 e. The van der Waals surface area contributed by atoms with E-state index in [-0.39, 0.29) is 17.5 Å². The molecule has 0 aliphatic heterocycles. The van der Waals surface area contributed by atoms with Crippen LogP contribution in [-0.2, 0) is 9.53 Å². The molecule has 0 rings (SSSR count). The molecule has 4 nitrogen and oxygen atoms in total. The quantitative estimate of drug-likeness (QED) is 0.681. The normalized spacial score (nSPS) is 13.8. The van der Waals surface area contributed by atoms with E-state index < -0.39 is 0 Å². The Labute approximate surface area is 105 Å². The van der Waals surface area contributed by atoms with Crippen molar-refractivity contribution in [3.05, 3.63) is 0 Å². The predicted molar refractivity (Wildman–Crippen MR) is 71.0 cm³/mol. The summed E-state index contributed by atoms with van der Waals surface area (Å²) in [6.07, 6.45) is 0.921. The van der Waals surface area contributed by atoms with Gasteiger partial charge in [0.2, 0.25) is 5.91 Å². The van der Waals surface area contributed by atoms with Crippen molar-refractivity contribution in [3.8, 4) is 0 Å². The van der Waals surface area contributed by atoms with Gasteiger partial charge in [-0.05, 0) is 26.2 Å². The molecule has 0 aromatic carbocycles. The second kappa shape index (κ2) is 7.67. The van der Waals surface area contributed by atoms with E-state index in [1.165, 1.54) is 0 Å². The number of amides is 1. The number of carbonyl (C=O) groups excluding carboxylic acids is 1. The fourth-order valence-electron chi connectivity index (χ4n) is 1.40. The number of nitrogens with one attached hydrogen (secondary N) is 2. The van der Waals surface area contributed by atoms with E-state index in [1.807, 2.05) is 13.8 Å². The van der Waals surface area contributed by atoms with Crippen LogP contribution in [0, 0.1) is 5.92 Å². The Balaban J connectivity index is 4.04. The lowest BCUT2D eigenvalue weighted by molar-refractivity contribution is -0.122. The van der Waals surface area contributed by atoms with Crippen LogP contribution < -0.4 is 10.6 Å². The Morgan fingerprint density at radius 3 is 2.35 bits per heavy atom. The summed E-state index contributed by atoms with van der Waals surface area (Å²) in [4.78, 5) is 11.7. The minimum atomic E-state index is -0.132. The third kappa shape index (κ3) is 7.34. The van der Waals surface area contributed by atoms with Crippen molar-refractivity contribution in [1.29, 1.82) is 0 Å². The van der Waals surface area contributed by atoms with E-state index in [4.69, 9.17) is 4.74 Å². The highest BCUT2D eigenvalue weighted by Crippen LogP contribution is 2.06. The molecule has 0 aliphatic rings. The molecule has 0 heterocycles. The average Bonchev–Trinajstić information content (AvgIpc) is 2.23. The van der Waals surface area contributed by atoms with Crippen molar-refractivity contribution < 1.29 is 9.53 Å².